The molecule has 1 aliphatic rings. The van der Waals surface area contributed by atoms with Gasteiger partial charge in [-0.2, -0.15) is 13.2 Å². The standard InChI is InChI=1S/C12H16F3NO/c13-12(14,15)9-5-3-8(4-6-9)11(16)10-2-1-7-17-10/h1-2,7-9,11H,3-6,16H2. The van der Waals surface area contributed by atoms with Crippen molar-refractivity contribution in [2.45, 2.75) is 37.9 Å². The zero-order valence-corrected chi connectivity index (χ0v) is 9.41. The number of alkyl halides is 3. The third-order valence-electron chi connectivity index (χ3n) is 3.61. The van der Waals surface area contributed by atoms with E-state index in [-0.39, 0.29) is 24.8 Å². The summed E-state index contributed by atoms with van der Waals surface area (Å²) in [6, 6.07) is 3.25. The Bertz CT molecular complexity index is 339. The van der Waals surface area contributed by atoms with Crippen LogP contribution in [0.4, 0.5) is 13.2 Å². The molecule has 96 valence electrons. The first-order valence-electron chi connectivity index (χ1n) is 5.84. The number of furan rings is 1. The highest BCUT2D eigenvalue weighted by molar-refractivity contribution is 5.05. The van der Waals surface area contributed by atoms with E-state index in [0.29, 0.717) is 18.6 Å². The minimum atomic E-state index is -4.06. The maximum absolute atomic E-state index is 12.5. The smallest absolute Gasteiger partial charge is 0.391 e. The summed E-state index contributed by atoms with van der Waals surface area (Å²) in [6.45, 7) is 0. The highest BCUT2D eigenvalue weighted by Gasteiger charge is 2.42. The zero-order valence-electron chi connectivity index (χ0n) is 9.41. The lowest BCUT2D eigenvalue weighted by atomic mass is 9.78. The topological polar surface area (TPSA) is 39.2 Å². The second kappa shape index (κ2) is 4.72. The molecule has 1 saturated carbocycles. The van der Waals surface area contributed by atoms with E-state index < -0.39 is 12.1 Å². The first kappa shape index (κ1) is 12.5. The summed E-state index contributed by atoms with van der Waals surface area (Å²) in [5.74, 6) is -0.386. The van der Waals surface area contributed by atoms with Crippen LogP contribution in [0.3, 0.4) is 0 Å². The third-order valence-corrected chi connectivity index (χ3v) is 3.61. The summed E-state index contributed by atoms with van der Waals surface area (Å²) < 4.78 is 42.7. The second-order valence-corrected chi connectivity index (χ2v) is 4.69. The highest BCUT2D eigenvalue weighted by atomic mass is 19.4. The quantitative estimate of drug-likeness (QED) is 0.866. The van der Waals surface area contributed by atoms with Crippen LogP contribution in [0.1, 0.15) is 37.5 Å². The normalized spacial score (nSPS) is 28.0. The van der Waals surface area contributed by atoms with Crippen LogP contribution in [0, 0.1) is 11.8 Å². The van der Waals surface area contributed by atoms with Gasteiger partial charge in [-0.3, -0.25) is 0 Å². The average molecular weight is 247 g/mol. The summed E-state index contributed by atoms with van der Waals surface area (Å²) in [7, 11) is 0. The first-order valence-corrected chi connectivity index (χ1v) is 5.84. The molecule has 2 nitrogen and oxygen atoms in total. The average Bonchev–Trinajstić information content (AvgIpc) is 2.80. The van der Waals surface area contributed by atoms with Gasteiger partial charge in [0.2, 0.25) is 0 Å². The zero-order chi connectivity index (χ0) is 12.5. The minimum Gasteiger partial charge on any atom is -0.468 e. The molecule has 1 heterocycles. The van der Waals surface area contributed by atoms with Gasteiger partial charge in [-0.05, 0) is 43.7 Å². The van der Waals surface area contributed by atoms with Crippen molar-refractivity contribution >= 4 is 0 Å². The SMILES string of the molecule is NC(c1ccco1)C1CCC(C(F)(F)F)CC1. The molecule has 0 spiro atoms. The Labute approximate surface area is 98.0 Å². The molecule has 0 aromatic carbocycles. The number of nitrogens with two attached hydrogens (primary N) is 1. The third kappa shape index (κ3) is 2.83. The molecule has 0 bridgehead atoms. The van der Waals surface area contributed by atoms with E-state index in [2.05, 4.69) is 0 Å². The van der Waals surface area contributed by atoms with Crippen LogP contribution in [-0.2, 0) is 0 Å². The van der Waals surface area contributed by atoms with E-state index in [0.717, 1.165) is 0 Å². The Morgan fingerprint density at radius 3 is 2.35 bits per heavy atom. The molecule has 5 heteroatoms. The predicted molar refractivity (Wildman–Crippen MR) is 57.1 cm³/mol. The largest absolute Gasteiger partial charge is 0.468 e. The molecule has 2 N–H and O–H groups in total. The summed E-state index contributed by atoms with van der Waals surface area (Å²) in [5.41, 5.74) is 5.99. The Morgan fingerprint density at radius 2 is 1.88 bits per heavy atom. The molecule has 1 atom stereocenters. The van der Waals surface area contributed by atoms with Gasteiger partial charge in [0.25, 0.3) is 0 Å². The highest BCUT2D eigenvalue weighted by Crippen LogP contribution is 2.42. The molecule has 2 rings (SSSR count). The summed E-state index contributed by atoms with van der Waals surface area (Å²) in [4.78, 5) is 0. The molecule has 1 fully saturated rings. The van der Waals surface area contributed by atoms with Gasteiger partial charge in [-0.1, -0.05) is 0 Å². The van der Waals surface area contributed by atoms with E-state index in [9.17, 15) is 13.2 Å². The fraction of sp³-hybridized carbons (Fsp3) is 0.667. The lowest BCUT2D eigenvalue weighted by molar-refractivity contribution is -0.184. The Kier molecular flexibility index (Phi) is 3.47. The van der Waals surface area contributed by atoms with Crippen LogP contribution in [0.5, 0.6) is 0 Å². The van der Waals surface area contributed by atoms with Gasteiger partial charge in [0.15, 0.2) is 0 Å². The van der Waals surface area contributed by atoms with Crippen molar-refractivity contribution in [2.24, 2.45) is 17.6 Å². The van der Waals surface area contributed by atoms with Crippen molar-refractivity contribution in [3.8, 4) is 0 Å². The number of rotatable bonds is 2. The Hall–Kier alpha value is -0.970. The van der Waals surface area contributed by atoms with Crippen molar-refractivity contribution in [3.63, 3.8) is 0 Å². The molecular weight excluding hydrogens is 231 g/mol. The van der Waals surface area contributed by atoms with E-state index >= 15 is 0 Å². The van der Waals surface area contributed by atoms with Crippen molar-refractivity contribution in [3.05, 3.63) is 24.2 Å². The molecular formula is C12H16F3NO. The predicted octanol–water partition coefficient (Wildman–Crippen LogP) is 3.65. The van der Waals surface area contributed by atoms with Crippen LogP contribution in [-0.4, -0.2) is 6.18 Å². The van der Waals surface area contributed by atoms with Crippen molar-refractivity contribution in [2.75, 3.05) is 0 Å². The van der Waals surface area contributed by atoms with E-state index in [1.165, 1.54) is 6.26 Å². The molecule has 0 aliphatic heterocycles. The molecule has 1 unspecified atom stereocenters. The fourth-order valence-corrected chi connectivity index (χ4v) is 2.52. The van der Waals surface area contributed by atoms with E-state index in [1.807, 2.05) is 0 Å². The van der Waals surface area contributed by atoms with Crippen LogP contribution in [0.25, 0.3) is 0 Å². The van der Waals surface area contributed by atoms with Crippen LogP contribution >= 0.6 is 0 Å². The van der Waals surface area contributed by atoms with Crippen molar-refractivity contribution < 1.29 is 17.6 Å². The Morgan fingerprint density at radius 1 is 1.24 bits per heavy atom. The summed E-state index contributed by atoms with van der Waals surface area (Å²) >= 11 is 0. The maximum atomic E-state index is 12.5. The maximum Gasteiger partial charge on any atom is 0.391 e. The van der Waals surface area contributed by atoms with Crippen LogP contribution < -0.4 is 5.73 Å². The Balaban J connectivity index is 1.91. The van der Waals surface area contributed by atoms with Gasteiger partial charge in [0.1, 0.15) is 5.76 Å². The molecule has 1 aliphatic carbocycles. The molecule has 17 heavy (non-hydrogen) atoms. The van der Waals surface area contributed by atoms with Gasteiger partial charge < -0.3 is 10.2 Å². The number of hydrogen-bond acceptors (Lipinski definition) is 2. The molecule has 1 aromatic heterocycles. The lowest BCUT2D eigenvalue weighted by Crippen LogP contribution is -2.31. The minimum absolute atomic E-state index is 0.0970. The summed E-state index contributed by atoms with van der Waals surface area (Å²) in [6.07, 6.45) is -1.11. The molecule has 0 amide bonds. The molecule has 0 saturated heterocycles. The van der Waals surface area contributed by atoms with Gasteiger partial charge in [-0.25, -0.2) is 0 Å². The van der Waals surface area contributed by atoms with Gasteiger partial charge in [0, 0.05) is 0 Å². The van der Waals surface area contributed by atoms with E-state index in [1.54, 1.807) is 12.1 Å². The van der Waals surface area contributed by atoms with E-state index in [4.69, 9.17) is 10.2 Å². The second-order valence-electron chi connectivity index (χ2n) is 4.69. The van der Waals surface area contributed by atoms with Gasteiger partial charge >= 0.3 is 6.18 Å². The molecule has 0 radical (unpaired) electrons. The number of halogens is 3. The van der Waals surface area contributed by atoms with Gasteiger partial charge in [0.05, 0.1) is 18.2 Å². The van der Waals surface area contributed by atoms with Gasteiger partial charge in [-0.15, -0.1) is 0 Å². The summed E-state index contributed by atoms with van der Waals surface area (Å²) in [5, 5.41) is 0. The van der Waals surface area contributed by atoms with Crippen molar-refractivity contribution in [1.29, 1.82) is 0 Å². The monoisotopic (exact) mass is 247 g/mol. The first-order chi connectivity index (χ1) is 7.98. The van der Waals surface area contributed by atoms with Crippen LogP contribution in [0.15, 0.2) is 22.8 Å². The van der Waals surface area contributed by atoms with Crippen molar-refractivity contribution in [1.82, 2.24) is 0 Å². The number of hydrogen-bond donors (Lipinski definition) is 1. The lowest BCUT2D eigenvalue weighted by Gasteiger charge is -2.32. The fourth-order valence-electron chi connectivity index (χ4n) is 2.52. The molecule has 1 aromatic rings. The van der Waals surface area contributed by atoms with Crippen LogP contribution in [0.2, 0.25) is 0 Å².